The second kappa shape index (κ2) is 11.1. The molecular formula is C27H20ClFN4O5S2. The fourth-order valence-electron chi connectivity index (χ4n) is 4.00. The van der Waals surface area contributed by atoms with Gasteiger partial charge in [0, 0.05) is 12.2 Å². The second-order valence-electron chi connectivity index (χ2n) is 8.74. The van der Waals surface area contributed by atoms with Gasteiger partial charge in [-0.15, -0.1) is 11.3 Å². The van der Waals surface area contributed by atoms with Crippen LogP contribution in [0.2, 0.25) is 4.34 Å². The molecule has 0 aliphatic rings. The molecule has 204 valence electrons. The van der Waals surface area contributed by atoms with Crippen molar-refractivity contribution in [3.8, 4) is 5.69 Å². The number of H-pyrrole nitrogens is 1. The molecule has 2 heterocycles. The van der Waals surface area contributed by atoms with E-state index in [0.717, 1.165) is 21.5 Å². The first-order valence-electron chi connectivity index (χ1n) is 11.8. The number of nitrogens with one attached hydrogen (secondary N) is 3. The Bertz CT molecular complexity index is 1950. The number of thiophene rings is 1. The molecule has 0 fully saturated rings. The molecular weight excluding hydrogens is 579 g/mol. The minimum absolute atomic E-state index is 0.0770. The van der Waals surface area contributed by atoms with E-state index in [-0.39, 0.29) is 31.9 Å². The van der Waals surface area contributed by atoms with Crippen LogP contribution in [0.5, 0.6) is 0 Å². The highest BCUT2D eigenvalue weighted by Gasteiger charge is 2.20. The second-order valence-corrected chi connectivity index (χ2v) is 12.4. The molecule has 0 radical (unpaired) electrons. The maximum atomic E-state index is 13.2. The average molecular weight is 599 g/mol. The normalized spacial score (nSPS) is 11.4. The number of hydrogen-bond donors (Lipinski definition) is 3. The van der Waals surface area contributed by atoms with E-state index in [1.807, 2.05) is 4.72 Å². The summed E-state index contributed by atoms with van der Waals surface area (Å²) in [5.74, 6) is -1.07. The number of halogens is 2. The smallest absolute Gasteiger partial charge is 0.333 e. The third-order valence-corrected chi connectivity index (χ3v) is 9.02. The van der Waals surface area contributed by atoms with E-state index in [2.05, 4.69) is 10.3 Å². The number of amides is 1. The number of benzene rings is 3. The summed E-state index contributed by atoms with van der Waals surface area (Å²) in [7, 11) is -4.04. The molecule has 0 saturated carbocycles. The quantitative estimate of drug-likeness (QED) is 0.246. The molecule has 3 N–H and O–H groups in total. The topological polar surface area (TPSA) is 130 Å². The van der Waals surface area contributed by atoms with Crippen molar-refractivity contribution in [2.75, 3.05) is 5.32 Å². The zero-order valence-electron chi connectivity index (χ0n) is 20.5. The zero-order chi connectivity index (χ0) is 28.4. The molecule has 40 heavy (non-hydrogen) atoms. The molecule has 0 aliphatic heterocycles. The Morgan fingerprint density at radius 1 is 0.950 bits per heavy atom. The molecule has 1 amide bonds. The number of carbonyl (C=O) groups is 1. The van der Waals surface area contributed by atoms with Gasteiger partial charge in [0.05, 0.1) is 27.3 Å². The number of carbonyl (C=O) groups excluding carboxylic acids is 1. The summed E-state index contributed by atoms with van der Waals surface area (Å²) >= 11 is 6.61. The summed E-state index contributed by atoms with van der Waals surface area (Å²) in [5.41, 5.74) is 1.43. The van der Waals surface area contributed by atoms with Crippen LogP contribution >= 0.6 is 22.9 Å². The van der Waals surface area contributed by atoms with Crippen LogP contribution in [-0.2, 0) is 27.8 Å². The maximum Gasteiger partial charge on any atom is 0.333 e. The molecule has 0 spiro atoms. The van der Waals surface area contributed by atoms with Crippen molar-refractivity contribution in [2.24, 2.45) is 0 Å². The molecule has 0 saturated heterocycles. The van der Waals surface area contributed by atoms with Crippen LogP contribution in [0.4, 0.5) is 10.1 Å². The van der Waals surface area contributed by atoms with Gasteiger partial charge < -0.3 is 10.3 Å². The first-order valence-corrected chi connectivity index (χ1v) is 14.4. The average Bonchev–Trinajstić information content (AvgIpc) is 3.36. The summed E-state index contributed by atoms with van der Waals surface area (Å²) in [5, 5.41) is 3.46. The lowest BCUT2D eigenvalue weighted by atomic mass is 10.1. The molecule has 0 aliphatic carbocycles. The minimum Gasteiger partial charge on any atom is -0.381 e. The van der Waals surface area contributed by atoms with E-state index >= 15 is 0 Å². The van der Waals surface area contributed by atoms with Gasteiger partial charge in [-0.3, -0.25) is 9.59 Å². The minimum atomic E-state index is -4.04. The first-order chi connectivity index (χ1) is 19.1. The number of anilines is 1. The number of fused-ring (bicyclic) bond motifs is 1. The number of nitrogens with zero attached hydrogens (tertiary/aromatic N) is 1. The predicted molar refractivity (Wildman–Crippen MR) is 152 cm³/mol. The largest absolute Gasteiger partial charge is 0.381 e. The lowest BCUT2D eigenvalue weighted by Gasteiger charge is -2.10. The van der Waals surface area contributed by atoms with Crippen LogP contribution < -0.4 is 21.3 Å². The van der Waals surface area contributed by atoms with Gasteiger partial charge in [-0.25, -0.2) is 26.9 Å². The van der Waals surface area contributed by atoms with Crippen molar-refractivity contribution >= 4 is 55.5 Å². The molecule has 13 heteroatoms. The third kappa shape index (κ3) is 5.98. The fraction of sp³-hybridized carbons (Fsp3) is 0.0741. The van der Waals surface area contributed by atoms with E-state index in [1.165, 1.54) is 48.5 Å². The fourth-order valence-corrected chi connectivity index (χ4v) is 6.46. The lowest BCUT2D eigenvalue weighted by molar-refractivity contribution is -0.118. The van der Waals surface area contributed by atoms with Crippen molar-refractivity contribution < 1.29 is 17.6 Å². The SMILES string of the molecule is O=C(Cc1ccc(-n2c(=O)[nH]c3cc(NCc4ccc(F)cc4)ccc3c2=O)cc1)NS(=O)(=O)c1ccc(Cl)s1. The lowest BCUT2D eigenvalue weighted by Crippen LogP contribution is -2.33. The van der Waals surface area contributed by atoms with E-state index in [9.17, 15) is 27.2 Å². The summed E-state index contributed by atoms with van der Waals surface area (Å²) in [6.45, 7) is 0.422. The van der Waals surface area contributed by atoms with Crippen molar-refractivity contribution in [1.29, 1.82) is 0 Å². The van der Waals surface area contributed by atoms with Gasteiger partial charge in [-0.1, -0.05) is 35.9 Å². The third-order valence-electron chi connectivity index (χ3n) is 5.93. The monoisotopic (exact) mass is 598 g/mol. The van der Waals surface area contributed by atoms with Gasteiger partial charge in [-0.2, -0.15) is 0 Å². The Balaban J connectivity index is 1.31. The summed E-state index contributed by atoms with van der Waals surface area (Å²) in [6, 6.07) is 19.8. The number of aromatic nitrogens is 2. The van der Waals surface area contributed by atoms with Crippen LogP contribution in [0.1, 0.15) is 11.1 Å². The number of sulfonamides is 1. The van der Waals surface area contributed by atoms with Crippen molar-refractivity contribution in [2.45, 2.75) is 17.2 Å². The highest BCUT2D eigenvalue weighted by molar-refractivity contribution is 7.92. The van der Waals surface area contributed by atoms with E-state index in [4.69, 9.17) is 11.6 Å². The maximum absolute atomic E-state index is 13.2. The van der Waals surface area contributed by atoms with E-state index < -0.39 is 27.2 Å². The van der Waals surface area contributed by atoms with Crippen molar-refractivity contribution in [1.82, 2.24) is 14.3 Å². The van der Waals surface area contributed by atoms with E-state index in [1.54, 1.807) is 30.3 Å². The van der Waals surface area contributed by atoms with Gasteiger partial charge in [-0.05, 0) is 65.7 Å². The molecule has 0 atom stereocenters. The number of aromatic amines is 1. The van der Waals surface area contributed by atoms with Gasteiger partial charge in [0.2, 0.25) is 5.91 Å². The standard InChI is InChI=1S/C27H20ClFN4O5S2/c28-23-11-12-25(39-23)40(37,38)32-24(34)13-16-3-8-20(9-4-16)33-26(35)21-10-7-19(14-22(21)31-27(33)36)30-15-17-1-5-18(29)6-2-17/h1-12,14,30H,13,15H2,(H,31,36)(H,32,34). The number of hydrogen-bond acceptors (Lipinski definition) is 7. The van der Waals surface area contributed by atoms with E-state index in [0.29, 0.717) is 23.3 Å². The highest BCUT2D eigenvalue weighted by atomic mass is 35.5. The summed E-state index contributed by atoms with van der Waals surface area (Å²) in [4.78, 5) is 41.1. The van der Waals surface area contributed by atoms with Gasteiger partial charge in [0.15, 0.2) is 0 Å². The Morgan fingerprint density at radius 2 is 1.65 bits per heavy atom. The van der Waals surface area contributed by atoms with Gasteiger partial charge in [0.1, 0.15) is 10.0 Å². The Labute approximate surface area is 235 Å². The number of rotatable bonds is 8. The molecule has 9 nitrogen and oxygen atoms in total. The molecule has 0 bridgehead atoms. The van der Waals surface area contributed by atoms with Crippen LogP contribution in [-0.4, -0.2) is 23.9 Å². The molecule has 2 aromatic heterocycles. The molecule has 5 rings (SSSR count). The van der Waals surface area contributed by atoms with Gasteiger partial charge in [0.25, 0.3) is 15.6 Å². The van der Waals surface area contributed by atoms with Crippen molar-refractivity contribution in [3.05, 3.63) is 121 Å². The predicted octanol–water partition coefficient (Wildman–Crippen LogP) is 4.19. The molecule has 0 unspecified atom stereocenters. The Kier molecular flexibility index (Phi) is 7.57. The van der Waals surface area contributed by atoms with Crippen LogP contribution in [0, 0.1) is 5.82 Å². The highest BCUT2D eigenvalue weighted by Crippen LogP contribution is 2.25. The first kappa shape index (κ1) is 27.3. The van der Waals surface area contributed by atoms with Crippen molar-refractivity contribution in [3.63, 3.8) is 0 Å². The molecule has 3 aromatic carbocycles. The molecule has 5 aromatic rings. The summed E-state index contributed by atoms with van der Waals surface area (Å²) in [6.07, 6.45) is -0.241. The van der Waals surface area contributed by atoms with Crippen LogP contribution in [0.3, 0.4) is 0 Å². The zero-order valence-corrected chi connectivity index (χ0v) is 22.9. The Hall–Kier alpha value is -4.26. The Morgan fingerprint density at radius 3 is 2.33 bits per heavy atom. The van der Waals surface area contributed by atoms with Gasteiger partial charge >= 0.3 is 5.69 Å². The summed E-state index contributed by atoms with van der Waals surface area (Å²) < 4.78 is 40.9. The van der Waals surface area contributed by atoms with Crippen LogP contribution in [0.15, 0.2) is 92.7 Å². The van der Waals surface area contributed by atoms with Crippen LogP contribution in [0.25, 0.3) is 16.6 Å².